The number of nitrogens with one attached hydrogen (secondary N) is 1. The van der Waals surface area contributed by atoms with Crippen molar-refractivity contribution >= 4 is 17.2 Å². The molecule has 3 nitrogen and oxygen atoms in total. The number of imidazole rings is 1. The molecule has 2 saturated carbocycles. The summed E-state index contributed by atoms with van der Waals surface area (Å²) >= 11 is 6.01. The van der Waals surface area contributed by atoms with Gasteiger partial charge in [-0.15, -0.1) is 0 Å². The lowest BCUT2D eigenvalue weighted by molar-refractivity contribution is 0.259. The Morgan fingerprint density at radius 2 is 2.24 bits per heavy atom. The molecule has 2 aromatic rings. The van der Waals surface area contributed by atoms with E-state index in [-0.39, 0.29) is 0 Å². The van der Waals surface area contributed by atoms with Gasteiger partial charge in [0.25, 0.3) is 0 Å². The minimum Gasteiger partial charge on any atom is -0.308 e. The first kappa shape index (κ1) is 13.6. The Hall–Kier alpha value is -1.06. The third-order valence-corrected chi connectivity index (χ3v) is 5.73. The van der Waals surface area contributed by atoms with Crippen LogP contribution in [-0.4, -0.2) is 15.4 Å². The fraction of sp³-hybridized carbons (Fsp3) is 0.588. The number of aromatic nitrogens is 2. The smallest absolute Gasteiger partial charge is 0.137 e. The number of rotatable bonds is 4. The Kier molecular flexibility index (Phi) is 3.43. The van der Waals surface area contributed by atoms with Crippen LogP contribution >= 0.6 is 11.6 Å². The van der Waals surface area contributed by atoms with E-state index in [4.69, 9.17) is 11.6 Å². The number of halogens is 1. The highest BCUT2D eigenvalue weighted by Crippen LogP contribution is 2.49. The number of hydrogen-bond donors (Lipinski definition) is 1. The topological polar surface area (TPSA) is 29.3 Å². The molecule has 0 radical (unpaired) electrons. The summed E-state index contributed by atoms with van der Waals surface area (Å²) in [6.45, 7) is 3.19. The summed E-state index contributed by atoms with van der Waals surface area (Å²) < 4.78 is 2.00. The first-order valence-corrected chi connectivity index (χ1v) is 8.43. The molecular formula is C17H22ClN3. The van der Waals surface area contributed by atoms with Crippen LogP contribution in [0.3, 0.4) is 0 Å². The van der Waals surface area contributed by atoms with Gasteiger partial charge in [0.05, 0.1) is 10.7 Å². The molecule has 4 unspecified atom stereocenters. The normalized spacial score (nSPS) is 29.3. The Bertz CT molecular complexity index is 651. The minimum atomic E-state index is 0.591. The molecule has 112 valence electrons. The maximum Gasteiger partial charge on any atom is 0.137 e. The Balaban J connectivity index is 1.41. The molecule has 0 aromatic carbocycles. The predicted octanol–water partition coefficient (Wildman–Crippen LogP) is 3.90. The zero-order valence-corrected chi connectivity index (χ0v) is 13.2. The molecule has 2 aromatic heterocycles. The van der Waals surface area contributed by atoms with Crippen LogP contribution in [0.25, 0.3) is 5.65 Å². The molecule has 0 aliphatic heterocycles. The zero-order valence-electron chi connectivity index (χ0n) is 12.4. The van der Waals surface area contributed by atoms with Crippen LogP contribution < -0.4 is 5.32 Å². The molecule has 0 saturated heterocycles. The van der Waals surface area contributed by atoms with Crippen molar-refractivity contribution in [3.8, 4) is 0 Å². The molecule has 4 heteroatoms. The van der Waals surface area contributed by atoms with E-state index in [1.807, 2.05) is 22.7 Å². The lowest BCUT2D eigenvalue weighted by Gasteiger charge is -2.28. The van der Waals surface area contributed by atoms with Crippen molar-refractivity contribution in [3.05, 3.63) is 35.2 Å². The summed E-state index contributed by atoms with van der Waals surface area (Å²) in [5.74, 6) is 2.86. The molecule has 2 fully saturated rings. The van der Waals surface area contributed by atoms with E-state index in [1.54, 1.807) is 0 Å². The summed E-state index contributed by atoms with van der Waals surface area (Å²) in [5.41, 5.74) is 2.05. The van der Waals surface area contributed by atoms with Gasteiger partial charge in [-0.2, -0.15) is 0 Å². The second kappa shape index (κ2) is 5.29. The lowest BCUT2D eigenvalue weighted by Crippen LogP contribution is -2.35. The lowest BCUT2D eigenvalue weighted by atomic mass is 9.84. The second-order valence-electron chi connectivity index (χ2n) is 6.85. The predicted molar refractivity (Wildman–Crippen MR) is 85.4 cm³/mol. The van der Waals surface area contributed by atoms with Crippen LogP contribution in [0.4, 0.5) is 0 Å². The zero-order chi connectivity index (χ0) is 14.4. The summed E-state index contributed by atoms with van der Waals surface area (Å²) in [6, 6.07) is 4.44. The Morgan fingerprint density at radius 3 is 3.00 bits per heavy atom. The van der Waals surface area contributed by atoms with E-state index >= 15 is 0 Å². The van der Waals surface area contributed by atoms with Gasteiger partial charge in [0.15, 0.2) is 0 Å². The van der Waals surface area contributed by atoms with Crippen LogP contribution in [0.5, 0.6) is 0 Å². The van der Waals surface area contributed by atoms with Gasteiger partial charge in [-0.25, -0.2) is 4.98 Å². The number of pyridine rings is 1. The van der Waals surface area contributed by atoms with Gasteiger partial charge in [-0.1, -0.05) is 18.0 Å². The van der Waals surface area contributed by atoms with Gasteiger partial charge >= 0.3 is 0 Å². The van der Waals surface area contributed by atoms with E-state index in [2.05, 4.69) is 23.4 Å². The molecule has 4 rings (SSSR count). The van der Waals surface area contributed by atoms with E-state index in [0.717, 1.165) is 40.7 Å². The van der Waals surface area contributed by atoms with E-state index in [0.29, 0.717) is 6.04 Å². The molecular weight excluding hydrogens is 282 g/mol. The van der Waals surface area contributed by atoms with Gasteiger partial charge in [-0.3, -0.25) is 0 Å². The quantitative estimate of drug-likeness (QED) is 0.928. The van der Waals surface area contributed by atoms with Gasteiger partial charge in [-0.05, 0) is 56.1 Å². The molecule has 2 bridgehead atoms. The van der Waals surface area contributed by atoms with Crippen LogP contribution in [0.1, 0.15) is 38.3 Å². The van der Waals surface area contributed by atoms with Crippen molar-refractivity contribution in [1.29, 1.82) is 0 Å². The van der Waals surface area contributed by atoms with Crippen molar-refractivity contribution in [3.63, 3.8) is 0 Å². The molecule has 2 aliphatic carbocycles. The van der Waals surface area contributed by atoms with Crippen LogP contribution in [-0.2, 0) is 6.54 Å². The maximum absolute atomic E-state index is 6.01. The standard InChI is InChI=1S/C17H22ClN3/c1-11(16-7-12-2-3-13(16)6-12)19-8-15-10-21-9-14(18)4-5-17(21)20-15/h4-5,9-13,16,19H,2-3,6-8H2,1H3. The number of fused-ring (bicyclic) bond motifs is 3. The monoisotopic (exact) mass is 303 g/mol. The van der Waals surface area contributed by atoms with Crippen molar-refractivity contribution in [2.24, 2.45) is 17.8 Å². The minimum absolute atomic E-state index is 0.591. The second-order valence-corrected chi connectivity index (χ2v) is 7.29. The maximum atomic E-state index is 6.01. The van der Waals surface area contributed by atoms with E-state index in [9.17, 15) is 0 Å². The molecule has 1 N–H and O–H groups in total. The van der Waals surface area contributed by atoms with Crippen LogP contribution in [0.15, 0.2) is 24.5 Å². The van der Waals surface area contributed by atoms with Crippen LogP contribution in [0.2, 0.25) is 5.02 Å². The van der Waals surface area contributed by atoms with E-state index < -0.39 is 0 Å². The molecule has 0 spiro atoms. The summed E-state index contributed by atoms with van der Waals surface area (Å²) in [5, 5.41) is 4.44. The van der Waals surface area contributed by atoms with Gasteiger partial charge in [0, 0.05) is 25.0 Å². The summed E-state index contributed by atoms with van der Waals surface area (Å²) in [4.78, 5) is 4.64. The summed E-state index contributed by atoms with van der Waals surface area (Å²) in [6.07, 6.45) is 9.81. The van der Waals surface area contributed by atoms with Crippen LogP contribution in [0, 0.1) is 17.8 Å². The fourth-order valence-electron chi connectivity index (χ4n) is 4.43. The molecule has 4 atom stereocenters. The number of nitrogens with zero attached hydrogens (tertiary/aromatic N) is 2. The third-order valence-electron chi connectivity index (χ3n) is 5.51. The highest BCUT2D eigenvalue weighted by molar-refractivity contribution is 6.30. The van der Waals surface area contributed by atoms with Gasteiger partial charge in [0.1, 0.15) is 5.65 Å². The SMILES string of the molecule is CC(NCc1cn2cc(Cl)ccc2n1)C1CC2CCC1C2. The highest BCUT2D eigenvalue weighted by atomic mass is 35.5. The largest absolute Gasteiger partial charge is 0.308 e. The van der Waals surface area contributed by atoms with Crippen molar-refractivity contribution < 1.29 is 0 Å². The Morgan fingerprint density at radius 1 is 1.33 bits per heavy atom. The molecule has 0 amide bonds. The van der Waals surface area contributed by atoms with Gasteiger partial charge < -0.3 is 9.72 Å². The third kappa shape index (κ3) is 2.58. The number of hydrogen-bond acceptors (Lipinski definition) is 2. The average molecular weight is 304 g/mol. The molecule has 21 heavy (non-hydrogen) atoms. The fourth-order valence-corrected chi connectivity index (χ4v) is 4.59. The highest BCUT2D eigenvalue weighted by Gasteiger charge is 2.41. The van der Waals surface area contributed by atoms with Gasteiger partial charge in [0.2, 0.25) is 0 Å². The van der Waals surface area contributed by atoms with E-state index in [1.165, 1.54) is 25.7 Å². The van der Waals surface area contributed by atoms with Crippen molar-refractivity contribution in [2.45, 2.75) is 45.2 Å². The average Bonchev–Trinajstić information content (AvgIpc) is 3.18. The summed E-state index contributed by atoms with van der Waals surface area (Å²) in [7, 11) is 0. The molecule has 2 heterocycles. The first-order chi connectivity index (χ1) is 10.2. The molecule has 2 aliphatic rings. The van der Waals surface area contributed by atoms with Crippen molar-refractivity contribution in [2.75, 3.05) is 0 Å². The van der Waals surface area contributed by atoms with Crippen molar-refractivity contribution in [1.82, 2.24) is 14.7 Å². The first-order valence-electron chi connectivity index (χ1n) is 8.05. The Labute approximate surface area is 130 Å².